The fraction of sp³-hybridized carbons (Fsp3) is 0.600. The monoisotopic (exact) mass is 277 g/mol. The van der Waals surface area contributed by atoms with Gasteiger partial charge < -0.3 is 19.8 Å². The summed E-state index contributed by atoms with van der Waals surface area (Å²) in [6, 6.07) is 8.15. The molecule has 1 N–H and O–H groups in total. The van der Waals surface area contributed by atoms with E-state index in [2.05, 4.69) is 28.4 Å². The van der Waals surface area contributed by atoms with E-state index in [1.54, 1.807) is 0 Å². The molecule has 1 aromatic carbocycles. The Morgan fingerprint density at radius 3 is 2.75 bits per heavy atom. The van der Waals surface area contributed by atoms with Crippen molar-refractivity contribution in [3.8, 4) is 5.75 Å². The first-order chi connectivity index (χ1) is 9.81. The lowest BCUT2D eigenvalue weighted by atomic mass is 10.2. The van der Waals surface area contributed by atoms with Crippen LogP contribution in [0.1, 0.15) is 6.42 Å². The van der Waals surface area contributed by atoms with Crippen LogP contribution in [-0.4, -0.2) is 62.5 Å². The molecule has 0 radical (unpaired) electrons. The Kier molecular flexibility index (Phi) is 4.40. The Morgan fingerprint density at radius 2 is 2.00 bits per heavy atom. The highest BCUT2D eigenvalue weighted by molar-refractivity contribution is 5.55. The zero-order chi connectivity index (χ0) is 13.8. The largest absolute Gasteiger partial charge is 0.486 e. The average molecular weight is 277 g/mol. The predicted molar refractivity (Wildman–Crippen MR) is 79.0 cm³/mol. The Bertz CT molecular complexity index is 427. The van der Waals surface area contributed by atoms with Gasteiger partial charge in [0.15, 0.2) is 0 Å². The van der Waals surface area contributed by atoms with Gasteiger partial charge in [0.2, 0.25) is 0 Å². The number of rotatable bonds is 4. The van der Waals surface area contributed by atoms with E-state index >= 15 is 0 Å². The van der Waals surface area contributed by atoms with E-state index in [9.17, 15) is 0 Å². The molecular formula is C15H23N3O2. The number of hydrogen-bond acceptors (Lipinski definition) is 5. The lowest BCUT2D eigenvalue weighted by Crippen LogP contribution is -2.47. The molecule has 0 amide bonds. The third-order valence-corrected chi connectivity index (χ3v) is 3.85. The molecule has 1 unspecified atom stereocenters. The highest BCUT2D eigenvalue weighted by Crippen LogP contribution is 2.27. The van der Waals surface area contributed by atoms with Crippen molar-refractivity contribution in [2.24, 2.45) is 0 Å². The topological polar surface area (TPSA) is 37.0 Å². The third kappa shape index (κ3) is 3.42. The number of anilines is 1. The summed E-state index contributed by atoms with van der Waals surface area (Å²) in [5, 5.41) is 2.26. The molecule has 5 nitrogen and oxygen atoms in total. The molecule has 20 heavy (non-hydrogen) atoms. The zero-order valence-electron chi connectivity index (χ0n) is 12.0. The van der Waals surface area contributed by atoms with Crippen LogP contribution in [0.5, 0.6) is 5.75 Å². The van der Waals surface area contributed by atoms with Gasteiger partial charge >= 0.3 is 0 Å². The number of nitrogens with one attached hydrogen (secondary N) is 1. The normalized spacial score (nSPS) is 24.8. The van der Waals surface area contributed by atoms with Gasteiger partial charge in [-0.15, -0.1) is 0 Å². The van der Waals surface area contributed by atoms with E-state index in [-0.39, 0.29) is 6.10 Å². The minimum atomic E-state index is 0.186. The van der Waals surface area contributed by atoms with Crippen LogP contribution in [0.25, 0.3) is 0 Å². The fourth-order valence-corrected chi connectivity index (χ4v) is 2.54. The quantitative estimate of drug-likeness (QED) is 0.901. The molecule has 1 aromatic rings. The van der Waals surface area contributed by atoms with Crippen LogP contribution in [-0.2, 0) is 4.74 Å². The Hall–Kier alpha value is -1.30. The molecular weight excluding hydrogens is 254 g/mol. The van der Waals surface area contributed by atoms with E-state index in [0.717, 1.165) is 50.6 Å². The number of hydrogen-bond donors (Lipinski definition) is 1. The van der Waals surface area contributed by atoms with Crippen molar-refractivity contribution >= 4 is 5.69 Å². The first-order valence-electron chi connectivity index (χ1n) is 7.35. The number of benzene rings is 1. The Balaban J connectivity index is 1.63. The minimum Gasteiger partial charge on any atom is -0.486 e. The molecule has 0 spiro atoms. The van der Waals surface area contributed by atoms with Crippen molar-refractivity contribution in [3.05, 3.63) is 24.3 Å². The molecule has 2 aliphatic heterocycles. The first-order valence-corrected chi connectivity index (χ1v) is 7.35. The van der Waals surface area contributed by atoms with Crippen LogP contribution in [0.2, 0.25) is 0 Å². The minimum absolute atomic E-state index is 0.186. The summed E-state index contributed by atoms with van der Waals surface area (Å²) in [4.78, 5) is 2.34. The summed E-state index contributed by atoms with van der Waals surface area (Å²) in [6.45, 7) is 5.73. The van der Waals surface area contributed by atoms with Crippen LogP contribution >= 0.6 is 0 Å². The molecule has 0 aliphatic carbocycles. The molecule has 2 aliphatic rings. The highest BCUT2D eigenvalue weighted by atomic mass is 16.5. The number of hydrazine groups is 1. The Labute approximate surface area is 120 Å². The number of piperazine rings is 1. The van der Waals surface area contributed by atoms with Gasteiger partial charge in [-0.3, -0.25) is 0 Å². The van der Waals surface area contributed by atoms with Gasteiger partial charge in [-0.25, -0.2) is 5.01 Å². The standard InChI is InChI=1S/C15H23N3O2/c1-17-7-9-18(10-8-17)16-14-4-2-3-5-15(14)20-13-6-11-19-12-13/h2-5,13,16H,6-12H2,1H3. The molecule has 1 atom stereocenters. The molecule has 0 bridgehead atoms. The van der Waals surface area contributed by atoms with Crippen LogP contribution < -0.4 is 10.2 Å². The van der Waals surface area contributed by atoms with Crippen LogP contribution in [0.15, 0.2) is 24.3 Å². The first kappa shape index (κ1) is 13.7. The zero-order valence-corrected chi connectivity index (χ0v) is 12.0. The SMILES string of the molecule is CN1CCN(Nc2ccccc2OC2CCOC2)CC1. The summed E-state index contributed by atoms with van der Waals surface area (Å²) < 4.78 is 11.4. The molecule has 110 valence electrons. The summed E-state index contributed by atoms with van der Waals surface area (Å²) in [7, 11) is 2.16. The van der Waals surface area contributed by atoms with Crippen LogP contribution in [0.3, 0.4) is 0 Å². The van der Waals surface area contributed by atoms with Gasteiger partial charge in [0.05, 0.1) is 18.9 Å². The highest BCUT2D eigenvalue weighted by Gasteiger charge is 2.19. The lowest BCUT2D eigenvalue weighted by molar-refractivity contribution is 0.140. The summed E-state index contributed by atoms with van der Waals surface area (Å²) in [6.07, 6.45) is 1.16. The second-order valence-corrected chi connectivity index (χ2v) is 5.50. The van der Waals surface area contributed by atoms with E-state index in [1.807, 2.05) is 18.2 Å². The molecule has 3 rings (SSSR count). The van der Waals surface area contributed by atoms with E-state index < -0.39 is 0 Å². The van der Waals surface area contributed by atoms with Crippen LogP contribution in [0, 0.1) is 0 Å². The van der Waals surface area contributed by atoms with Gasteiger partial charge in [-0.2, -0.15) is 0 Å². The molecule has 2 saturated heterocycles. The summed E-state index contributed by atoms with van der Waals surface area (Å²) in [5.41, 5.74) is 4.53. The molecule has 5 heteroatoms. The van der Waals surface area contributed by atoms with Gasteiger partial charge in [0, 0.05) is 32.6 Å². The van der Waals surface area contributed by atoms with E-state index in [0.29, 0.717) is 6.61 Å². The van der Waals surface area contributed by atoms with Gasteiger partial charge in [0.1, 0.15) is 11.9 Å². The van der Waals surface area contributed by atoms with Crippen LogP contribution in [0.4, 0.5) is 5.69 Å². The van der Waals surface area contributed by atoms with Gasteiger partial charge in [0.25, 0.3) is 0 Å². The van der Waals surface area contributed by atoms with Crippen molar-refractivity contribution < 1.29 is 9.47 Å². The van der Waals surface area contributed by atoms with Crippen molar-refractivity contribution in [1.29, 1.82) is 0 Å². The number of nitrogens with zero attached hydrogens (tertiary/aromatic N) is 2. The maximum Gasteiger partial charge on any atom is 0.144 e. The number of ether oxygens (including phenoxy) is 2. The second kappa shape index (κ2) is 6.43. The molecule has 2 fully saturated rings. The summed E-state index contributed by atoms with van der Waals surface area (Å²) >= 11 is 0. The maximum atomic E-state index is 6.04. The maximum absolute atomic E-state index is 6.04. The average Bonchev–Trinajstić information content (AvgIpc) is 2.96. The Morgan fingerprint density at radius 1 is 1.20 bits per heavy atom. The lowest BCUT2D eigenvalue weighted by Gasteiger charge is -2.33. The molecule has 2 heterocycles. The van der Waals surface area contributed by atoms with Crippen molar-refractivity contribution in [2.75, 3.05) is 51.9 Å². The van der Waals surface area contributed by atoms with Gasteiger partial charge in [-0.1, -0.05) is 12.1 Å². The smallest absolute Gasteiger partial charge is 0.144 e. The van der Waals surface area contributed by atoms with Crippen molar-refractivity contribution in [1.82, 2.24) is 9.91 Å². The fourth-order valence-electron chi connectivity index (χ4n) is 2.54. The second-order valence-electron chi connectivity index (χ2n) is 5.50. The van der Waals surface area contributed by atoms with Crippen molar-refractivity contribution in [3.63, 3.8) is 0 Å². The molecule has 0 aromatic heterocycles. The molecule has 0 saturated carbocycles. The number of likely N-dealkylation sites (N-methyl/N-ethyl adjacent to an activating group) is 1. The summed E-state index contributed by atoms with van der Waals surface area (Å²) in [5.74, 6) is 0.918. The van der Waals surface area contributed by atoms with Gasteiger partial charge in [-0.05, 0) is 19.2 Å². The predicted octanol–water partition coefficient (Wildman–Crippen LogP) is 1.43. The van der Waals surface area contributed by atoms with E-state index in [1.165, 1.54) is 0 Å². The van der Waals surface area contributed by atoms with E-state index in [4.69, 9.17) is 9.47 Å². The number of para-hydroxylation sites is 2. The third-order valence-electron chi connectivity index (χ3n) is 3.85. The van der Waals surface area contributed by atoms with Crippen molar-refractivity contribution in [2.45, 2.75) is 12.5 Å².